The average Bonchev–Trinajstić information content (AvgIpc) is 2.78. The number of hydrogen-bond donors (Lipinski definition) is 2. The van der Waals surface area contributed by atoms with Crippen molar-refractivity contribution in [3.05, 3.63) is 10.6 Å². The number of piperidine rings is 1. The number of carbonyl (C=O) groups is 1. The highest BCUT2D eigenvalue weighted by Crippen LogP contribution is 2.14. The van der Waals surface area contributed by atoms with Gasteiger partial charge in [-0.2, -0.15) is 0 Å². The van der Waals surface area contributed by atoms with Crippen LogP contribution in [-0.4, -0.2) is 34.1 Å². The molecular formula is C12H20N4OS. The number of amides is 1. The second-order valence-electron chi connectivity index (χ2n) is 4.85. The summed E-state index contributed by atoms with van der Waals surface area (Å²) in [4.78, 5) is 12.9. The molecular weight excluding hydrogens is 248 g/mol. The normalized spacial score (nSPS) is 23.9. The topological polar surface area (TPSA) is 66.9 Å². The Morgan fingerprint density at radius 2 is 2.44 bits per heavy atom. The smallest absolute Gasteiger partial charge is 0.265 e. The van der Waals surface area contributed by atoms with E-state index in [4.69, 9.17) is 0 Å². The van der Waals surface area contributed by atoms with E-state index in [-0.39, 0.29) is 11.9 Å². The highest BCUT2D eigenvalue weighted by molar-refractivity contribution is 7.08. The van der Waals surface area contributed by atoms with Gasteiger partial charge in [0, 0.05) is 12.1 Å². The molecule has 2 heterocycles. The van der Waals surface area contributed by atoms with Crippen LogP contribution in [0.4, 0.5) is 0 Å². The standard InChI is InChI=1S/C12H20N4OS/c1-3-4-10-11(18-16-15-10)12(17)14-9-5-6-13-8(2)7-9/h8-9,13H,3-7H2,1-2H3,(H,14,17). The lowest BCUT2D eigenvalue weighted by Gasteiger charge is -2.28. The van der Waals surface area contributed by atoms with Crippen LogP contribution in [0.1, 0.15) is 48.5 Å². The van der Waals surface area contributed by atoms with Crippen molar-refractivity contribution in [2.45, 2.75) is 51.6 Å². The molecule has 1 saturated heterocycles. The van der Waals surface area contributed by atoms with Crippen molar-refractivity contribution in [2.24, 2.45) is 0 Å². The first-order valence-electron chi connectivity index (χ1n) is 6.56. The molecule has 2 N–H and O–H groups in total. The molecule has 2 atom stereocenters. The number of aromatic nitrogens is 2. The Balaban J connectivity index is 1.96. The molecule has 0 saturated carbocycles. The summed E-state index contributed by atoms with van der Waals surface area (Å²) < 4.78 is 3.89. The van der Waals surface area contributed by atoms with Crippen LogP contribution in [0, 0.1) is 0 Å². The minimum Gasteiger partial charge on any atom is -0.348 e. The molecule has 5 nitrogen and oxygen atoms in total. The van der Waals surface area contributed by atoms with E-state index in [0.29, 0.717) is 10.9 Å². The molecule has 1 fully saturated rings. The predicted molar refractivity (Wildman–Crippen MR) is 71.9 cm³/mol. The first-order valence-corrected chi connectivity index (χ1v) is 7.33. The van der Waals surface area contributed by atoms with Gasteiger partial charge in [-0.3, -0.25) is 4.79 Å². The summed E-state index contributed by atoms with van der Waals surface area (Å²) in [6.45, 7) is 5.19. The van der Waals surface area contributed by atoms with Crippen molar-refractivity contribution in [1.29, 1.82) is 0 Å². The zero-order valence-corrected chi connectivity index (χ0v) is 11.7. The zero-order chi connectivity index (χ0) is 13.0. The van der Waals surface area contributed by atoms with Gasteiger partial charge in [0.05, 0.1) is 5.69 Å². The fourth-order valence-electron chi connectivity index (χ4n) is 2.30. The van der Waals surface area contributed by atoms with Crippen LogP contribution >= 0.6 is 11.5 Å². The third-order valence-electron chi connectivity index (χ3n) is 3.21. The summed E-state index contributed by atoms with van der Waals surface area (Å²) in [6, 6.07) is 0.740. The third kappa shape index (κ3) is 3.26. The van der Waals surface area contributed by atoms with Crippen molar-refractivity contribution in [1.82, 2.24) is 20.2 Å². The first kappa shape index (κ1) is 13.4. The molecule has 1 amide bonds. The Labute approximate surface area is 112 Å². The van der Waals surface area contributed by atoms with Gasteiger partial charge in [-0.15, -0.1) is 5.10 Å². The van der Waals surface area contributed by atoms with E-state index in [2.05, 4.69) is 34.1 Å². The molecule has 1 aromatic rings. The highest BCUT2D eigenvalue weighted by atomic mass is 32.1. The van der Waals surface area contributed by atoms with Crippen LogP contribution in [0.2, 0.25) is 0 Å². The van der Waals surface area contributed by atoms with E-state index >= 15 is 0 Å². The molecule has 1 aromatic heterocycles. The van der Waals surface area contributed by atoms with E-state index in [0.717, 1.165) is 37.9 Å². The lowest BCUT2D eigenvalue weighted by molar-refractivity contribution is 0.0928. The van der Waals surface area contributed by atoms with E-state index in [1.165, 1.54) is 11.5 Å². The van der Waals surface area contributed by atoms with Crippen molar-refractivity contribution >= 4 is 17.4 Å². The van der Waals surface area contributed by atoms with Crippen molar-refractivity contribution in [2.75, 3.05) is 6.54 Å². The predicted octanol–water partition coefficient (Wildman–Crippen LogP) is 1.36. The van der Waals surface area contributed by atoms with Gasteiger partial charge in [0.1, 0.15) is 4.88 Å². The van der Waals surface area contributed by atoms with Crippen molar-refractivity contribution < 1.29 is 4.79 Å². The molecule has 18 heavy (non-hydrogen) atoms. The summed E-state index contributed by atoms with van der Waals surface area (Å²) in [5.74, 6) is -0.00690. The Morgan fingerprint density at radius 1 is 1.61 bits per heavy atom. The van der Waals surface area contributed by atoms with Gasteiger partial charge in [-0.25, -0.2) is 0 Å². The van der Waals surface area contributed by atoms with Crippen molar-refractivity contribution in [3.63, 3.8) is 0 Å². The quantitative estimate of drug-likeness (QED) is 0.865. The second kappa shape index (κ2) is 6.24. The molecule has 1 aliphatic rings. The zero-order valence-electron chi connectivity index (χ0n) is 10.9. The number of aryl methyl sites for hydroxylation is 1. The van der Waals surface area contributed by atoms with Crippen LogP contribution in [0.5, 0.6) is 0 Å². The van der Waals surface area contributed by atoms with Gasteiger partial charge in [0.2, 0.25) is 0 Å². The highest BCUT2D eigenvalue weighted by Gasteiger charge is 2.23. The molecule has 100 valence electrons. The summed E-state index contributed by atoms with van der Waals surface area (Å²) in [6.07, 6.45) is 3.78. The van der Waals surface area contributed by atoms with Crippen LogP contribution in [0.15, 0.2) is 0 Å². The van der Waals surface area contributed by atoms with Crippen molar-refractivity contribution in [3.8, 4) is 0 Å². The molecule has 0 aliphatic carbocycles. The van der Waals surface area contributed by atoms with E-state index < -0.39 is 0 Å². The first-order chi connectivity index (χ1) is 8.70. The summed E-state index contributed by atoms with van der Waals surface area (Å²) in [5.41, 5.74) is 0.835. The average molecular weight is 268 g/mol. The second-order valence-corrected chi connectivity index (χ2v) is 5.60. The van der Waals surface area contributed by atoms with E-state index in [1.54, 1.807) is 0 Å². The Hall–Kier alpha value is -1.01. The van der Waals surface area contributed by atoms with Gasteiger partial charge < -0.3 is 10.6 Å². The minimum absolute atomic E-state index is 0.00690. The lowest BCUT2D eigenvalue weighted by Crippen LogP contribution is -2.46. The summed E-state index contributed by atoms with van der Waals surface area (Å²) in [5, 5.41) is 10.5. The molecule has 0 radical (unpaired) electrons. The van der Waals surface area contributed by atoms with Crippen LogP contribution in [0.25, 0.3) is 0 Å². The molecule has 2 rings (SSSR count). The van der Waals surface area contributed by atoms with Crippen LogP contribution in [0.3, 0.4) is 0 Å². The maximum absolute atomic E-state index is 12.2. The van der Waals surface area contributed by atoms with Crippen LogP contribution < -0.4 is 10.6 Å². The third-order valence-corrected chi connectivity index (χ3v) is 3.97. The molecule has 6 heteroatoms. The maximum Gasteiger partial charge on any atom is 0.265 e. The summed E-state index contributed by atoms with van der Waals surface area (Å²) in [7, 11) is 0. The molecule has 0 aromatic carbocycles. The molecule has 1 aliphatic heterocycles. The van der Waals surface area contributed by atoms with Gasteiger partial charge in [0.15, 0.2) is 0 Å². The Morgan fingerprint density at radius 3 is 3.17 bits per heavy atom. The molecule has 2 unspecified atom stereocenters. The number of nitrogens with one attached hydrogen (secondary N) is 2. The number of hydrogen-bond acceptors (Lipinski definition) is 5. The van der Waals surface area contributed by atoms with E-state index in [1.807, 2.05) is 0 Å². The Kier molecular flexibility index (Phi) is 4.66. The number of carbonyl (C=O) groups excluding carboxylic acids is 1. The minimum atomic E-state index is -0.00690. The fraction of sp³-hybridized carbons (Fsp3) is 0.750. The maximum atomic E-state index is 12.2. The van der Waals surface area contributed by atoms with E-state index in [9.17, 15) is 4.79 Å². The largest absolute Gasteiger partial charge is 0.348 e. The number of nitrogens with zero attached hydrogens (tertiary/aromatic N) is 2. The Bertz CT molecular complexity index is 407. The van der Waals surface area contributed by atoms with Gasteiger partial charge in [0.25, 0.3) is 5.91 Å². The monoisotopic (exact) mass is 268 g/mol. The SMILES string of the molecule is CCCc1nnsc1C(=O)NC1CCNC(C)C1. The van der Waals surface area contributed by atoms with Gasteiger partial charge >= 0.3 is 0 Å². The molecule has 0 bridgehead atoms. The number of rotatable bonds is 4. The fourth-order valence-corrected chi connectivity index (χ4v) is 2.91. The summed E-state index contributed by atoms with van der Waals surface area (Å²) >= 11 is 1.20. The van der Waals surface area contributed by atoms with Gasteiger partial charge in [-0.05, 0) is 44.3 Å². The molecule has 0 spiro atoms. The van der Waals surface area contributed by atoms with Crippen LogP contribution in [-0.2, 0) is 6.42 Å². The lowest BCUT2D eigenvalue weighted by atomic mass is 10.0. The van der Waals surface area contributed by atoms with Gasteiger partial charge in [-0.1, -0.05) is 17.8 Å².